The SMILES string of the molecule is CCCC(=O)O.[CaH2].[NaH]. The number of carboxylic acids is 1. The molecule has 0 aliphatic rings. The van der Waals surface area contributed by atoms with Gasteiger partial charge in [-0.15, -0.1) is 0 Å². The number of aliphatic carboxylic acids is 1. The van der Waals surface area contributed by atoms with Gasteiger partial charge in [0, 0.05) is 6.42 Å². The predicted molar refractivity (Wildman–Crippen MR) is 38.2 cm³/mol. The van der Waals surface area contributed by atoms with Crippen LogP contribution in [0.1, 0.15) is 19.8 Å². The van der Waals surface area contributed by atoms with E-state index in [1.165, 1.54) is 0 Å². The average Bonchev–Trinajstić information content (AvgIpc) is 1.35. The molecule has 0 heterocycles. The summed E-state index contributed by atoms with van der Waals surface area (Å²) < 4.78 is 0. The van der Waals surface area contributed by atoms with E-state index in [1.54, 1.807) is 0 Å². The Kier molecular flexibility index (Phi) is 23.6. The number of rotatable bonds is 2. The van der Waals surface area contributed by atoms with Gasteiger partial charge in [-0.1, -0.05) is 6.92 Å². The van der Waals surface area contributed by atoms with Gasteiger partial charge in [-0.05, 0) is 6.42 Å². The molecule has 42 valence electrons. The van der Waals surface area contributed by atoms with E-state index in [0.29, 0.717) is 6.42 Å². The van der Waals surface area contributed by atoms with Gasteiger partial charge in [0.15, 0.2) is 0 Å². The van der Waals surface area contributed by atoms with Gasteiger partial charge >= 0.3 is 73.3 Å². The van der Waals surface area contributed by atoms with Crippen molar-refractivity contribution in [3.63, 3.8) is 0 Å². The number of hydrogen-bond donors (Lipinski definition) is 1. The van der Waals surface area contributed by atoms with Gasteiger partial charge in [0.05, 0.1) is 0 Å². The fourth-order valence-corrected chi connectivity index (χ4v) is 0.214. The minimum absolute atomic E-state index is 0. The van der Waals surface area contributed by atoms with Crippen molar-refractivity contribution >= 4 is 73.3 Å². The molecule has 0 aromatic rings. The van der Waals surface area contributed by atoms with Gasteiger partial charge in [0.1, 0.15) is 0 Å². The molecule has 0 rings (SSSR count). The third-order valence-corrected chi connectivity index (χ3v) is 0.464. The zero-order chi connectivity index (χ0) is 4.99. The third kappa shape index (κ3) is 15.6. The van der Waals surface area contributed by atoms with Gasteiger partial charge in [-0.2, -0.15) is 0 Å². The second kappa shape index (κ2) is 11.5. The molecule has 0 unspecified atom stereocenters. The maximum absolute atomic E-state index is 9.60. The fraction of sp³-hybridized carbons (Fsp3) is 0.750. The molecule has 0 atom stereocenters. The molecule has 1 N–H and O–H groups in total. The zero-order valence-corrected chi connectivity index (χ0v) is 3.77. The van der Waals surface area contributed by atoms with Crippen molar-refractivity contribution in [3.05, 3.63) is 0 Å². The first kappa shape index (κ1) is 16.4. The van der Waals surface area contributed by atoms with Crippen LogP contribution in [0.5, 0.6) is 0 Å². The molecule has 4 heteroatoms. The van der Waals surface area contributed by atoms with Crippen molar-refractivity contribution < 1.29 is 9.90 Å². The first-order valence-corrected chi connectivity index (χ1v) is 1.99. The molecule has 0 aromatic heterocycles. The summed E-state index contributed by atoms with van der Waals surface area (Å²) >= 11 is 0. The molecule has 2 nitrogen and oxygen atoms in total. The molecule has 0 fully saturated rings. The first-order chi connectivity index (χ1) is 2.77. The molecule has 8 heavy (non-hydrogen) atoms. The van der Waals surface area contributed by atoms with Crippen LogP contribution in [-0.4, -0.2) is 78.4 Å². The average molecular weight is 154 g/mol. The Hall–Kier alpha value is 1.73. The van der Waals surface area contributed by atoms with E-state index in [2.05, 4.69) is 0 Å². The molecular weight excluding hydrogens is 143 g/mol. The topological polar surface area (TPSA) is 37.3 Å². The van der Waals surface area contributed by atoms with Crippen molar-refractivity contribution in [2.24, 2.45) is 0 Å². The Bertz CT molecular complexity index is 58.0. The van der Waals surface area contributed by atoms with Crippen molar-refractivity contribution in [2.45, 2.75) is 19.8 Å². The number of hydrogen-bond acceptors (Lipinski definition) is 1. The maximum atomic E-state index is 9.60. The van der Waals surface area contributed by atoms with Crippen LogP contribution < -0.4 is 0 Å². The van der Waals surface area contributed by atoms with Crippen molar-refractivity contribution in [2.75, 3.05) is 0 Å². The summed E-state index contributed by atoms with van der Waals surface area (Å²) in [5.74, 6) is -0.711. The van der Waals surface area contributed by atoms with Gasteiger partial charge in [-0.25, -0.2) is 0 Å². The van der Waals surface area contributed by atoms with Crippen LogP contribution in [0.4, 0.5) is 0 Å². The summed E-state index contributed by atoms with van der Waals surface area (Å²) in [5, 5.41) is 7.91. The van der Waals surface area contributed by atoms with E-state index < -0.39 is 5.97 Å². The van der Waals surface area contributed by atoms with Crippen molar-refractivity contribution in [1.82, 2.24) is 0 Å². The standard InChI is InChI=1S/C4H8O2.Ca.Na.3H/c1-2-3-4(5)6;;;;;/h2-3H2,1H3,(H,5,6);;;;;. The van der Waals surface area contributed by atoms with E-state index >= 15 is 0 Å². The predicted octanol–water partition coefficient (Wildman–Crippen LogP) is -0.694. The van der Waals surface area contributed by atoms with Crippen LogP contribution in [0.2, 0.25) is 0 Å². The third-order valence-electron chi connectivity index (χ3n) is 0.464. The summed E-state index contributed by atoms with van der Waals surface area (Å²) in [5.41, 5.74) is 0. The fourth-order valence-electron chi connectivity index (χ4n) is 0.214. The zero-order valence-electron chi connectivity index (χ0n) is 3.77. The normalized spacial score (nSPS) is 6.12. The summed E-state index contributed by atoms with van der Waals surface area (Å²) in [4.78, 5) is 9.60. The summed E-state index contributed by atoms with van der Waals surface area (Å²) in [7, 11) is 0. The second-order valence-corrected chi connectivity index (χ2v) is 1.14. The molecule has 0 aliphatic heterocycles. The summed E-state index contributed by atoms with van der Waals surface area (Å²) in [6.07, 6.45) is 1.02. The Balaban J connectivity index is -0.000000125. The summed E-state index contributed by atoms with van der Waals surface area (Å²) in [6, 6.07) is 0. The minimum atomic E-state index is -0.711. The van der Waals surface area contributed by atoms with Crippen molar-refractivity contribution in [1.29, 1.82) is 0 Å². The Morgan fingerprint density at radius 2 is 2.00 bits per heavy atom. The van der Waals surface area contributed by atoms with E-state index in [0.717, 1.165) is 6.42 Å². The second-order valence-electron chi connectivity index (χ2n) is 1.14. The van der Waals surface area contributed by atoms with Gasteiger partial charge in [-0.3, -0.25) is 4.79 Å². The molecule has 0 bridgehead atoms. The quantitative estimate of drug-likeness (QED) is 0.534. The van der Waals surface area contributed by atoms with Crippen LogP contribution in [-0.2, 0) is 4.79 Å². The molecule has 0 aromatic carbocycles. The molecule has 0 aliphatic carbocycles. The van der Waals surface area contributed by atoms with Crippen LogP contribution in [0.15, 0.2) is 0 Å². The van der Waals surface area contributed by atoms with E-state index in [9.17, 15) is 4.79 Å². The number of carbonyl (C=O) groups is 1. The monoisotopic (exact) mass is 154 g/mol. The van der Waals surface area contributed by atoms with Crippen LogP contribution in [0.25, 0.3) is 0 Å². The van der Waals surface area contributed by atoms with Crippen molar-refractivity contribution in [3.8, 4) is 0 Å². The first-order valence-electron chi connectivity index (χ1n) is 1.99. The molecule has 0 amide bonds. The molecule has 0 saturated carbocycles. The summed E-state index contributed by atoms with van der Waals surface area (Å²) in [6.45, 7) is 1.84. The Morgan fingerprint density at radius 1 is 1.62 bits per heavy atom. The van der Waals surface area contributed by atoms with Gasteiger partial charge in [0.2, 0.25) is 0 Å². The van der Waals surface area contributed by atoms with E-state index in [1.807, 2.05) is 6.92 Å². The van der Waals surface area contributed by atoms with Gasteiger partial charge in [0.25, 0.3) is 0 Å². The van der Waals surface area contributed by atoms with E-state index in [-0.39, 0.29) is 67.3 Å². The molecule has 0 spiro atoms. The molecular formula is C4H11CaNaO2. The number of carboxylic acid groups (broad SMARTS) is 1. The van der Waals surface area contributed by atoms with Crippen LogP contribution >= 0.6 is 0 Å². The van der Waals surface area contributed by atoms with Crippen LogP contribution in [0.3, 0.4) is 0 Å². The van der Waals surface area contributed by atoms with Crippen LogP contribution in [0, 0.1) is 0 Å². The molecule has 0 saturated heterocycles. The Labute approximate surface area is 101 Å². The Morgan fingerprint density at radius 3 is 2.00 bits per heavy atom. The van der Waals surface area contributed by atoms with E-state index in [4.69, 9.17) is 5.11 Å². The van der Waals surface area contributed by atoms with Gasteiger partial charge < -0.3 is 5.11 Å². The molecule has 0 radical (unpaired) electrons.